The Hall–Kier alpha value is -1.44. The number of carbonyl (C=O) groups is 1. The lowest BCUT2D eigenvalue weighted by Gasteiger charge is -2.23. The molecule has 1 unspecified atom stereocenters. The lowest BCUT2D eigenvalue weighted by atomic mass is 9.96. The van der Waals surface area contributed by atoms with Crippen molar-refractivity contribution in [1.29, 1.82) is 0 Å². The number of hydrogen-bond donors (Lipinski definition) is 2. The third-order valence-corrected chi connectivity index (χ3v) is 5.37. The summed E-state index contributed by atoms with van der Waals surface area (Å²) in [6.07, 6.45) is 1.36. The van der Waals surface area contributed by atoms with E-state index in [4.69, 9.17) is 5.73 Å². The highest BCUT2D eigenvalue weighted by Crippen LogP contribution is 2.18. The SMILES string of the molecule is CCCC(C)(N)C(=O)NCc1ccccc1S(=O)(=O)N(C)C. The fourth-order valence-corrected chi connectivity index (χ4v) is 3.22. The Labute approximate surface area is 132 Å². The molecule has 1 amide bonds. The van der Waals surface area contributed by atoms with Gasteiger partial charge in [-0.3, -0.25) is 4.79 Å². The van der Waals surface area contributed by atoms with E-state index in [0.29, 0.717) is 12.0 Å². The third kappa shape index (κ3) is 4.28. The predicted octanol–water partition coefficient (Wildman–Crippen LogP) is 1.07. The van der Waals surface area contributed by atoms with Crippen molar-refractivity contribution < 1.29 is 13.2 Å². The molecule has 124 valence electrons. The first-order chi connectivity index (χ1) is 10.1. The molecule has 0 saturated heterocycles. The van der Waals surface area contributed by atoms with Crippen molar-refractivity contribution in [1.82, 2.24) is 9.62 Å². The zero-order valence-corrected chi connectivity index (χ0v) is 14.4. The smallest absolute Gasteiger partial charge is 0.242 e. The van der Waals surface area contributed by atoms with Crippen molar-refractivity contribution in [2.45, 2.75) is 43.7 Å². The van der Waals surface area contributed by atoms with Gasteiger partial charge < -0.3 is 11.1 Å². The molecule has 0 heterocycles. The summed E-state index contributed by atoms with van der Waals surface area (Å²) in [4.78, 5) is 12.3. The first-order valence-corrected chi connectivity index (χ1v) is 8.64. The molecule has 0 spiro atoms. The number of nitrogens with one attached hydrogen (secondary N) is 1. The minimum atomic E-state index is -3.55. The van der Waals surface area contributed by atoms with Crippen molar-refractivity contribution in [3.8, 4) is 0 Å². The first-order valence-electron chi connectivity index (χ1n) is 7.20. The van der Waals surface area contributed by atoms with Gasteiger partial charge in [-0.2, -0.15) is 0 Å². The maximum Gasteiger partial charge on any atom is 0.242 e. The van der Waals surface area contributed by atoms with E-state index in [1.165, 1.54) is 20.2 Å². The van der Waals surface area contributed by atoms with Gasteiger partial charge >= 0.3 is 0 Å². The van der Waals surface area contributed by atoms with Gasteiger partial charge in [0.1, 0.15) is 0 Å². The molecule has 1 rings (SSSR count). The molecular weight excluding hydrogens is 302 g/mol. The molecule has 0 saturated carbocycles. The van der Waals surface area contributed by atoms with Gasteiger partial charge in [-0.25, -0.2) is 12.7 Å². The molecule has 1 aromatic rings. The van der Waals surface area contributed by atoms with Crippen LogP contribution in [0.15, 0.2) is 29.2 Å². The van der Waals surface area contributed by atoms with Crippen LogP contribution in [-0.4, -0.2) is 38.3 Å². The van der Waals surface area contributed by atoms with Crippen LogP contribution in [0.1, 0.15) is 32.3 Å². The number of rotatable bonds is 7. The predicted molar refractivity (Wildman–Crippen MR) is 86.7 cm³/mol. The largest absolute Gasteiger partial charge is 0.350 e. The van der Waals surface area contributed by atoms with Gasteiger partial charge in [-0.05, 0) is 25.0 Å². The normalized spacial score (nSPS) is 14.6. The van der Waals surface area contributed by atoms with E-state index in [-0.39, 0.29) is 17.3 Å². The average molecular weight is 327 g/mol. The van der Waals surface area contributed by atoms with Gasteiger partial charge in [-0.15, -0.1) is 0 Å². The van der Waals surface area contributed by atoms with Crippen molar-refractivity contribution in [2.75, 3.05) is 14.1 Å². The summed E-state index contributed by atoms with van der Waals surface area (Å²) < 4.78 is 25.7. The highest BCUT2D eigenvalue weighted by molar-refractivity contribution is 7.89. The summed E-state index contributed by atoms with van der Waals surface area (Å²) in [5.74, 6) is -0.286. The number of benzene rings is 1. The van der Waals surface area contributed by atoms with E-state index in [0.717, 1.165) is 10.7 Å². The van der Waals surface area contributed by atoms with Crippen LogP contribution >= 0.6 is 0 Å². The Morgan fingerprint density at radius 1 is 1.32 bits per heavy atom. The summed E-state index contributed by atoms with van der Waals surface area (Å²) in [5, 5.41) is 2.73. The fraction of sp³-hybridized carbons (Fsp3) is 0.533. The first kappa shape index (κ1) is 18.6. The standard InChI is InChI=1S/C15H25N3O3S/c1-5-10-15(2,16)14(19)17-11-12-8-6-7-9-13(12)22(20,21)18(3)4/h6-9H,5,10-11,16H2,1-4H3,(H,17,19). The summed E-state index contributed by atoms with van der Waals surface area (Å²) in [6, 6.07) is 6.62. The molecule has 22 heavy (non-hydrogen) atoms. The van der Waals surface area contributed by atoms with Gasteiger partial charge in [0.2, 0.25) is 15.9 Å². The van der Waals surface area contributed by atoms with Crippen LogP contribution in [0, 0.1) is 0 Å². The molecule has 1 aromatic carbocycles. The molecule has 0 aliphatic rings. The van der Waals surface area contributed by atoms with E-state index in [1.54, 1.807) is 25.1 Å². The number of sulfonamides is 1. The molecule has 7 heteroatoms. The fourth-order valence-electron chi connectivity index (χ4n) is 2.11. The van der Waals surface area contributed by atoms with Crippen molar-refractivity contribution in [3.05, 3.63) is 29.8 Å². The van der Waals surface area contributed by atoms with Crippen LogP contribution in [-0.2, 0) is 21.4 Å². The number of hydrogen-bond acceptors (Lipinski definition) is 4. The summed E-state index contributed by atoms with van der Waals surface area (Å²) in [5.41, 5.74) is 5.55. The van der Waals surface area contributed by atoms with Gasteiger partial charge in [0.15, 0.2) is 0 Å². The number of amides is 1. The van der Waals surface area contributed by atoms with Gasteiger partial charge in [0.05, 0.1) is 10.4 Å². The second kappa shape index (κ2) is 7.21. The molecule has 0 aliphatic carbocycles. The Morgan fingerprint density at radius 3 is 2.45 bits per heavy atom. The minimum absolute atomic E-state index is 0.124. The molecular formula is C15H25N3O3S. The second-order valence-electron chi connectivity index (χ2n) is 5.75. The molecule has 1 atom stereocenters. The van der Waals surface area contributed by atoms with Crippen LogP contribution in [0.2, 0.25) is 0 Å². The quantitative estimate of drug-likeness (QED) is 0.783. The van der Waals surface area contributed by atoms with Crippen LogP contribution in [0.4, 0.5) is 0 Å². The van der Waals surface area contributed by atoms with E-state index in [1.807, 2.05) is 6.92 Å². The number of carbonyl (C=O) groups excluding carboxylic acids is 1. The maximum absolute atomic E-state index is 12.3. The average Bonchev–Trinajstić information content (AvgIpc) is 2.44. The zero-order chi connectivity index (χ0) is 17.0. The molecule has 0 fully saturated rings. The van der Waals surface area contributed by atoms with Crippen LogP contribution in [0.5, 0.6) is 0 Å². The Balaban J connectivity index is 2.95. The monoisotopic (exact) mass is 327 g/mol. The minimum Gasteiger partial charge on any atom is -0.350 e. The van der Waals surface area contributed by atoms with Crippen LogP contribution in [0.25, 0.3) is 0 Å². The maximum atomic E-state index is 12.3. The highest BCUT2D eigenvalue weighted by Gasteiger charge is 2.27. The highest BCUT2D eigenvalue weighted by atomic mass is 32.2. The van der Waals surface area contributed by atoms with Crippen LogP contribution < -0.4 is 11.1 Å². The molecule has 0 aliphatic heterocycles. The van der Waals surface area contributed by atoms with E-state index in [9.17, 15) is 13.2 Å². The van der Waals surface area contributed by atoms with Gasteiger partial charge in [0, 0.05) is 20.6 Å². The summed E-state index contributed by atoms with van der Waals surface area (Å²) in [6.45, 7) is 3.75. The number of nitrogens with zero attached hydrogens (tertiary/aromatic N) is 1. The zero-order valence-electron chi connectivity index (χ0n) is 13.6. The Kier molecular flexibility index (Phi) is 6.10. The van der Waals surface area contributed by atoms with Crippen molar-refractivity contribution in [2.24, 2.45) is 5.73 Å². The van der Waals surface area contributed by atoms with E-state index >= 15 is 0 Å². The lowest BCUT2D eigenvalue weighted by molar-refractivity contribution is -0.126. The number of nitrogens with two attached hydrogens (primary N) is 1. The molecule has 0 aromatic heterocycles. The Morgan fingerprint density at radius 2 is 1.91 bits per heavy atom. The molecule has 6 nitrogen and oxygen atoms in total. The lowest BCUT2D eigenvalue weighted by Crippen LogP contribution is -2.51. The summed E-state index contributed by atoms with van der Waals surface area (Å²) in [7, 11) is -0.600. The molecule has 3 N–H and O–H groups in total. The third-order valence-electron chi connectivity index (χ3n) is 3.46. The summed E-state index contributed by atoms with van der Waals surface area (Å²) >= 11 is 0. The van der Waals surface area contributed by atoms with E-state index in [2.05, 4.69) is 5.32 Å². The second-order valence-corrected chi connectivity index (χ2v) is 7.87. The van der Waals surface area contributed by atoms with Crippen molar-refractivity contribution >= 4 is 15.9 Å². The molecule has 0 radical (unpaired) electrons. The van der Waals surface area contributed by atoms with Crippen molar-refractivity contribution in [3.63, 3.8) is 0 Å². The molecule has 0 bridgehead atoms. The van der Waals surface area contributed by atoms with Gasteiger partial charge in [-0.1, -0.05) is 31.5 Å². The van der Waals surface area contributed by atoms with Crippen LogP contribution in [0.3, 0.4) is 0 Å². The van der Waals surface area contributed by atoms with E-state index < -0.39 is 15.6 Å². The topological polar surface area (TPSA) is 92.5 Å². The van der Waals surface area contributed by atoms with Gasteiger partial charge in [0.25, 0.3) is 0 Å². The Bertz CT molecular complexity index is 625.